The van der Waals surface area contributed by atoms with Gasteiger partial charge in [0.15, 0.2) is 0 Å². The average molecular weight is 355 g/mol. The second-order valence-corrected chi connectivity index (χ2v) is 12.8. The molecule has 0 heterocycles. The maximum absolute atomic E-state index is 13.3. The van der Waals surface area contributed by atoms with E-state index in [9.17, 15) is 4.79 Å². The van der Waals surface area contributed by atoms with Gasteiger partial charge in [-0.1, -0.05) is 87.2 Å². The van der Waals surface area contributed by atoms with Gasteiger partial charge in [0.2, 0.25) is 0 Å². The van der Waals surface area contributed by atoms with Gasteiger partial charge in [0.25, 0.3) is 0 Å². The lowest BCUT2D eigenvalue weighted by atomic mass is 9.84. The lowest BCUT2D eigenvalue weighted by molar-refractivity contribution is -0.121. The SMILES string of the molecule is CO[C@@H]([C@H](Cc1ccccc1)C(=O)[Si](C)(C)C)[C@@H](C)c1ccccc1. The van der Waals surface area contributed by atoms with Crippen molar-refractivity contribution in [2.24, 2.45) is 5.92 Å². The first-order chi connectivity index (χ1) is 11.8. The van der Waals surface area contributed by atoms with Crippen LogP contribution in [0.3, 0.4) is 0 Å². The second kappa shape index (κ2) is 8.59. The largest absolute Gasteiger partial charge is 0.380 e. The van der Waals surface area contributed by atoms with Gasteiger partial charge in [-0.25, -0.2) is 0 Å². The molecule has 0 saturated heterocycles. The van der Waals surface area contributed by atoms with E-state index in [1.165, 1.54) is 11.1 Å². The molecule has 2 rings (SSSR count). The van der Waals surface area contributed by atoms with Crippen LogP contribution >= 0.6 is 0 Å². The summed E-state index contributed by atoms with van der Waals surface area (Å²) in [6.07, 6.45) is 0.612. The molecular weight excluding hydrogens is 324 g/mol. The Balaban J connectivity index is 2.36. The summed E-state index contributed by atoms with van der Waals surface area (Å²) in [6, 6.07) is 20.6. The molecule has 0 aliphatic carbocycles. The molecular formula is C22H30O2Si. The molecule has 0 spiro atoms. The lowest BCUT2D eigenvalue weighted by Crippen LogP contribution is -2.46. The van der Waals surface area contributed by atoms with Crippen molar-refractivity contribution in [3.63, 3.8) is 0 Å². The summed E-state index contributed by atoms with van der Waals surface area (Å²) in [5, 5.41) is 0.394. The van der Waals surface area contributed by atoms with E-state index >= 15 is 0 Å². The molecule has 0 aromatic heterocycles. The van der Waals surface area contributed by atoms with Crippen molar-refractivity contribution >= 4 is 13.5 Å². The molecule has 3 heteroatoms. The van der Waals surface area contributed by atoms with Gasteiger partial charge in [-0.2, -0.15) is 0 Å². The zero-order valence-electron chi connectivity index (χ0n) is 16.0. The Bertz CT molecular complexity index is 661. The molecule has 25 heavy (non-hydrogen) atoms. The minimum absolute atomic E-state index is 0.116. The van der Waals surface area contributed by atoms with Crippen LogP contribution in [0, 0.1) is 5.92 Å². The van der Waals surface area contributed by atoms with Crippen LogP contribution in [0.4, 0.5) is 0 Å². The van der Waals surface area contributed by atoms with Crippen LogP contribution in [0.25, 0.3) is 0 Å². The molecule has 2 aromatic rings. The fourth-order valence-corrected chi connectivity index (χ4v) is 4.82. The number of methoxy groups -OCH3 is 1. The van der Waals surface area contributed by atoms with Crippen LogP contribution in [-0.2, 0) is 16.0 Å². The summed E-state index contributed by atoms with van der Waals surface area (Å²) in [7, 11) is -0.187. The highest BCUT2D eigenvalue weighted by atomic mass is 28.3. The maximum Gasteiger partial charge on any atom is 0.124 e. The molecule has 0 unspecified atom stereocenters. The summed E-state index contributed by atoms with van der Waals surface area (Å²) >= 11 is 0. The van der Waals surface area contributed by atoms with Gasteiger partial charge in [0.05, 0.1) is 6.10 Å². The first-order valence-electron chi connectivity index (χ1n) is 9.00. The van der Waals surface area contributed by atoms with Crippen LogP contribution < -0.4 is 0 Å². The first-order valence-corrected chi connectivity index (χ1v) is 12.5. The monoisotopic (exact) mass is 354 g/mol. The van der Waals surface area contributed by atoms with Gasteiger partial charge in [-0.3, -0.25) is 0 Å². The van der Waals surface area contributed by atoms with Crippen LogP contribution in [0.15, 0.2) is 60.7 Å². The van der Waals surface area contributed by atoms with Crippen molar-refractivity contribution in [3.8, 4) is 0 Å². The van der Waals surface area contributed by atoms with E-state index in [4.69, 9.17) is 4.74 Å². The number of carbonyl (C=O) groups is 1. The summed E-state index contributed by atoms with van der Waals surface area (Å²) in [5.74, 6) is 0.0504. The number of rotatable bonds is 8. The van der Waals surface area contributed by atoms with Crippen molar-refractivity contribution < 1.29 is 9.53 Å². The number of hydrogen-bond donors (Lipinski definition) is 0. The van der Waals surface area contributed by atoms with Gasteiger partial charge in [-0.05, 0) is 17.5 Å². The highest BCUT2D eigenvalue weighted by Gasteiger charge is 2.39. The van der Waals surface area contributed by atoms with Crippen LogP contribution in [-0.4, -0.2) is 26.7 Å². The van der Waals surface area contributed by atoms with Crippen molar-refractivity contribution in [2.75, 3.05) is 7.11 Å². The Hall–Kier alpha value is -1.71. The molecule has 3 atom stereocenters. The van der Waals surface area contributed by atoms with Crippen molar-refractivity contribution in [2.45, 2.75) is 45.0 Å². The molecule has 134 valence electrons. The molecule has 2 nitrogen and oxygen atoms in total. The van der Waals surface area contributed by atoms with E-state index in [0.717, 1.165) is 6.42 Å². The van der Waals surface area contributed by atoms with Crippen molar-refractivity contribution in [1.29, 1.82) is 0 Å². The third-order valence-electron chi connectivity index (χ3n) is 4.86. The third-order valence-corrected chi connectivity index (χ3v) is 6.71. The zero-order chi connectivity index (χ0) is 18.4. The third kappa shape index (κ3) is 5.13. The Morgan fingerprint density at radius 1 is 0.960 bits per heavy atom. The maximum atomic E-state index is 13.3. The molecule has 0 radical (unpaired) electrons. The number of hydrogen-bond acceptors (Lipinski definition) is 2. The zero-order valence-corrected chi connectivity index (χ0v) is 17.0. The normalized spacial score (nSPS) is 15.4. The van der Waals surface area contributed by atoms with Crippen molar-refractivity contribution in [1.82, 2.24) is 0 Å². The Labute approximate surface area is 153 Å². The minimum Gasteiger partial charge on any atom is -0.380 e. The molecule has 0 bridgehead atoms. The topological polar surface area (TPSA) is 26.3 Å². The first kappa shape index (κ1) is 19.6. The van der Waals surface area contributed by atoms with E-state index in [-0.39, 0.29) is 17.9 Å². The number of carbonyl (C=O) groups excluding carboxylic acids is 1. The molecule has 0 N–H and O–H groups in total. The molecule has 0 fully saturated rings. The van der Waals surface area contributed by atoms with Gasteiger partial charge in [0, 0.05) is 18.9 Å². The van der Waals surface area contributed by atoms with Crippen molar-refractivity contribution in [3.05, 3.63) is 71.8 Å². The van der Waals surface area contributed by atoms with Crippen LogP contribution in [0.1, 0.15) is 24.0 Å². The Morgan fingerprint density at radius 2 is 1.48 bits per heavy atom. The summed E-state index contributed by atoms with van der Waals surface area (Å²) in [5.41, 5.74) is 2.41. The molecule has 0 aliphatic heterocycles. The summed E-state index contributed by atoms with van der Waals surface area (Å²) in [6.45, 7) is 8.56. The Kier molecular flexibility index (Phi) is 6.74. The number of ether oxygens (including phenoxy) is 1. The smallest absolute Gasteiger partial charge is 0.124 e. The van der Waals surface area contributed by atoms with Gasteiger partial charge in [-0.15, -0.1) is 0 Å². The standard InChI is InChI=1S/C22H30O2Si/c1-17(19-14-10-7-11-15-19)21(24-2)20(22(23)25(3,4)5)16-18-12-8-6-9-13-18/h6-15,17,20-21H,16H2,1-5H3/t17-,20-,21+/m0/s1. The second-order valence-electron chi connectivity index (χ2n) is 7.81. The van der Waals surface area contributed by atoms with Gasteiger partial charge < -0.3 is 9.53 Å². The highest BCUT2D eigenvalue weighted by molar-refractivity contribution is 7.03. The average Bonchev–Trinajstić information content (AvgIpc) is 2.61. The van der Waals surface area contributed by atoms with E-state index in [2.05, 4.69) is 50.8 Å². The predicted octanol–water partition coefficient (Wildman–Crippen LogP) is 5.11. The summed E-state index contributed by atoms with van der Waals surface area (Å²) < 4.78 is 5.92. The molecule has 2 aromatic carbocycles. The fraction of sp³-hybridized carbons (Fsp3) is 0.409. The van der Waals surface area contributed by atoms with Crippen LogP contribution in [0.2, 0.25) is 19.6 Å². The molecule has 0 aliphatic rings. The lowest BCUT2D eigenvalue weighted by Gasteiger charge is -2.33. The van der Waals surface area contributed by atoms with E-state index in [0.29, 0.717) is 5.41 Å². The van der Waals surface area contributed by atoms with Gasteiger partial charge in [0.1, 0.15) is 13.5 Å². The minimum atomic E-state index is -1.92. The van der Waals surface area contributed by atoms with E-state index in [1.807, 2.05) is 36.4 Å². The van der Waals surface area contributed by atoms with E-state index in [1.54, 1.807) is 7.11 Å². The van der Waals surface area contributed by atoms with Gasteiger partial charge >= 0.3 is 0 Å². The predicted molar refractivity (Wildman–Crippen MR) is 108 cm³/mol. The van der Waals surface area contributed by atoms with Crippen LogP contribution in [0.5, 0.6) is 0 Å². The highest BCUT2D eigenvalue weighted by Crippen LogP contribution is 2.31. The Morgan fingerprint density at radius 3 is 1.96 bits per heavy atom. The van der Waals surface area contributed by atoms with E-state index < -0.39 is 8.07 Å². The summed E-state index contributed by atoms with van der Waals surface area (Å²) in [4.78, 5) is 13.3. The number of benzene rings is 2. The fourth-order valence-electron chi connectivity index (χ4n) is 3.45. The molecule has 0 saturated carbocycles. The molecule has 0 amide bonds. The quantitative estimate of drug-likeness (QED) is 0.616.